The minimum absolute atomic E-state index is 0.0966. The van der Waals surface area contributed by atoms with Gasteiger partial charge in [0.2, 0.25) is 0 Å². The molecule has 0 atom stereocenters. The van der Waals surface area contributed by atoms with Crippen LogP contribution < -0.4 is 5.32 Å². The second-order valence-electron chi connectivity index (χ2n) is 4.35. The van der Waals surface area contributed by atoms with Gasteiger partial charge in [-0.1, -0.05) is 0 Å². The number of rotatable bonds is 2. The maximum Gasteiger partial charge on any atom is 0.143 e. The number of nitrogens with zero attached hydrogens (tertiary/aromatic N) is 1. The summed E-state index contributed by atoms with van der Waals surface area (Å²) in [5.41, 5.74) is 0.966. The van der Waals surface area contributed by atoms with Crippen LogP contribution in [0.1, 0.15) is 31.7 Å². The Morgan fingerprint density at radius 2 is 2.20 bits per heavy atom. The number of benzene rings is 1. The molecule has 1 saturated carbocycles. The van der Waals surface area contributed by atoms with Crippen LogP contribution in [0.4, 0.5) is 10.1 Å². The Morgan fingerprint density at radius 1 is 1.47 bits per heavy atom. The fourth-order valence-electron chi connectivity index (χ4n) is 1.86. The van der Waals surface area contributed by atoms with Crippen molar-refractivity contribution in [3.05, 3.63) is 29.6 Å². The Hall–Kier alpha value is -1.56. The van der Waals surface area contributed by atoms with Crippen LogP contribution in [0.2, 0.25) is 0 Å². The summed E-state index contributed by atoms with van der Waals surface area (Å²) in [6.45, 7) is 2.13. The average molecular weight is 204 g/mol. The topological polar surface area (TPSA) is 35.8 Å². The Balaban J connectivity index is 2.17. The monoisotopic (exact) mass is 204 g/mol. The molecule has 0 spiro atoms. The van der Waals surface area contributed by atoms with Crippen LogP contribution in [0.15, 0.2) is 18.2 Å². The number of hydrogen-bond acceptors (Lipinski definition) is 2. The molecular formula is C12H13FN2. The van der Waals surface area contributed by atoms with E-state index in [4.69, 9.17) is 5.26 Å². The van der Waals surface area contributed by atoms with Gasteiger partial charge >= 0.3 is 0 Å². The highest BCUT2D eigenvalue weighted by Gasteiger charge is 2.31. The van der Waals surface area contributed by atoms with E-state index in [9.17, 15) is 4.39 Å². The van der Waals surface area contributed by atoms with Gasteiger partial charge in [-0.3, -0.25) is 0 Å². The highest BCUT2D eigenvalue weighted by atomic mass is 19.1. The van der Waals surface area contributed by atoms with Gasteiger partial charge in [-0.15, -0.1) is 0 Å². The van der Waals surface area contributed by atoms with E-state index < -0.39 is 5.82 Å². The average Bonchev–Trinajstić information content (AvgIpc) is 2.16. The van der Waals surface area contributed by atoms with Crippen LogP contribution in [-0.2, 0) is 0 Å². The van der Waals surface area contributed by atoms with Crippen LogP contribution in [0.3, 0.4) is 0 Å². The van der Waals surface area contributed by atoms with E-state index in [0.29, 0.717) is 0 Å². The summed E-state index contributed by atoms with van der Waals surface area (Å²) in [7, 11) is 0. The van der Waals surface area contributed by atoms with Crippen molar-refractivity contribution in [1.82, 2.24) is 0 Å². The largest absolute Gasteiger partial charge is 0.380 e. The summed E-state index contributed by atoms with van der Waals surface area (Å²) in [5, 5.41) is 11.9. The Bertz CT molecular complexity index is 416. The Labute approximate surface area is 88.7 Å². The van der Waals surface area contributed by atoms with Gasteiger partial charge in [0.25, 0.3) is 0 Å². The smallest absolute Gasteiger partial charge is 0.143 e. The Morgan fingerprint density at radius 3 is 2.67 bits per heavy atom. The molecule has 0 radical (unpaired) electrons. The van der Waals surface area contributed by atoms with E-state index in [2.05, 4.69) is 12.2 Å². The third-order valence-electron chi connectivity index (χ3n) is 2.99. The fraction of sp³-hybridized carbons (Fsp3) is 0.417. The van der Waals surface area contributed by atoms with E-state index in [1.807, 2.05) is 6.07 Å². The van der Waals surface area contributed by atoms with Crippen molar-refractivity contribution in [1.29, 1.82) is 5.26 Å². The van der Waals surface area contributed by atoms with E-state index >= 15 is 0 Å². The van der Waals surface area contributed by atoms with Crippen molar-refractivity contribution < 1.29 is 4.39 Å². The lowest BCUT2D eigenvalue weighted by atomic mass is 9.78. The maximum absolute atomic E-state index is 13.3. The zero-order valence-electron chi connectivity index (χ0n) is 8.68. The zero-order valence-corrected chi connectivity index (χ0v) is 8.68. The molecule has 0 aromatic heterocycles. The predicted octanol–water partition coefficient (Wildman–Crippen LogP) is 3.05. The van der Waals surface area contributed by atoms with Crippen LogP contribution in [-0.4, -0.2) is 5.54 Å². The summed E-state index contributed by atoms with van der Waals surface area (Å²) in [6.07, 6.45) is 3.46. The first-order valence-corrected chi connectivity index (χ1v) is 5.11. The third-order valence-corrected chi connectivity index (χ3v) is 2.99. The first kappa shape index (κ1) is 9.97. The molecule has 2 nitrogen and oxygen atoms in total. The van der Waals surface area contributed by atoms with E-state index in [0.717, 1.165) is 18.5 Å². The lowest BCUT2D eigenvalue weighted by Gasteiger charge is -2.40. The number of halogens is 1. The number of anilines is 1. The van der Waals surface area contributed by atoms with E-state index in [1.54, 1.807) is 6.07 Å². The summed E-state index contributed by atoms with van der Waals surface area (Å²) < 4.78 is 13.3. The predicted molar refractivity (Wildman–Crippen MR) is 57.0 cm³/mol. The summed E-state index contributed by atoms with van der Waals surface area (Å²) in [5.74, 6) is -0.453. The molecule has 0 bridgehead atoms. The minimum atomic E-state index is -0.453. The maximum atomic E-state index is 13.3. The number of nitriles is 1. The SMILES string of the molecule is CC1(Nc2ccc(C#N)c(F)c2)CCC1. The second-order valence-corrected chi connectivity index (χ2v) is 4.35. The summed E-state index contributed by atoms with van der Waals surface area (Å²) in [4.78, 5) is 0. The first-order chi connectivity index (χ1) is 7.13. The van der Waals surface area contributed by atoms with Crippen LogP contribution in [0.5, 0.6) is 0 Å². The molecule has 1 aliphatic rings. The highest BCUT2D eigenvalue weighted by molar-refractivity contribution is 5.50. The van der Waals surface area contributed by atoms with Crippen molar-refractivity contribution in [3.63, 3.8) is 0 Å². The van der Waals surface area contributed by atoms with Gasteiger partial charge in [0.1, 0.15) is 11.9 Å². The molecule has 0 saturated heterocycles. The molecule has 0 heterocycles. The molecule has 0 aliphatic heterocycles. The third kappa shape index (κ3) is 1.94. The van der Waals surface area contributed by atoms with Gasteiger partial charge in [0.05, 0.1) is 5.56 Å². The zero-order chi connectivity index (χ0) is 10.9. The van der Waals surface area contributed by atoms with Crippen LogP contribution >= 0.6 is 0 Å². The summed E-state index contributed by atoms with van der Waals surface area (Å²) >= 11 is 0. The lowest BCUT2D eigenvalue weighted by molar-refractivity contribution is 0.306. The van der Waals surface area contributed by atoms with Crippen molar-refractivity contribution >= 4 is 5.69 Å². The van der Waals surface area contributed by atoms with Gasteiger partial charge in [-0.25, -0.2) is 4.39 Å². The van der Waals surface area contributed by atoms with Gasteiger partial charge in [-0.2, -0.15) is 5.26 Å². The van der Waals surface area contributed by atoms with E-state index in [1.165, 1.54) is 18.6 Å². The van der Waals surface area contributed by atoms with Gasteiger partial charge < -0.3 is 5.32 Å². The van der Waals surface area contributed by atoms with E-state index in [-0.39, 0.29) is 11.1 Å². The van der Waals surface area contributed by atoms with Crippen molar-refractivity contribution in [2.24, 2.45) is 0 Å². The highest BCUT2D eigenvalue weighted by Crippen LogP contribution is 2.34. The standard InChI is InChI=1S/C12H13FN2/c1-12(5-2-6-12)15-10-4-3-9(8-14)11(13)7-10/h3-4,7,15H,2,5-6H2,1H3. The minimum Gasteiger partial charge on any atom is -0.380 e. The van der Waals surface area contributed by atoms with Gasteiger partial charge in [0.15, 0.2) is 0 Å². The molecule has 3 heteroatoms. The van der Waals surface area contributed by atoms with Crippen molar-refractivity contribution in [2.45, 2.75) is 31.7 Å². The Kier molecular flexibility index (Phi) is 2.36. The summed E-state index contributed by atoms with van der Waals surface area (Å²) in [6, 6.07) is 6.47. The normalized spacial score (nSPS) is 17.7. The molecule has 0 unspecified atom stereocenters. The fourth-order valence-corrected chi connectivity index (χ4v) is 1.86. The van der Waals surface area contributed by atoms with Crippen LogP contribution in [0, 0.1) is 17.1 Å². The molecule has 15 heavy (non-hydrogen) atoms. The lowest BCUT2D eigenvalue weighted by Crippen LogP contribution is -2.41. The molecular weight excluding hydrogens is 191 g/mol. The molecule has 1 N–H and O–H groups in total. The van der Waals surface area contributed by atoms with Crippen molar-refractivity contribution in [2.75, 3.05) is 5.32 Å². The quantitative estimate of drug-likeness (QED) is 0.803. The molecule has 78 valence electrons. The first-order valence-electron chi connectivity index (χ1n) is 5.11. The molecule has 1 fully saturated rings. The molecule has 1 aromatic rings. The molecule has 1 aliphatic carbocycles. The number of hydrogen-bond donors (Lipinski definition) is 1. The molecule has 0 amide bonds. The molecule has 2 rings (SSSR count). The number of nitrogens with one attached hydrogen (secondary N) is 1. The molecule has 1 aromatic carbocycles. The van der Waals surface area contributed by atoms with Gasteiger partial charge in [0, 0.05) is 11.2 Å². The van der Waals surface area contributed by atoms with Crippen LogP contribution in [0.25, 0.3) is 0 Å². The van der Waals surface area contributed by atoms with Crippen molar-refractivity contribution in [3.8, 4) is 6.07 Å². The van der Waals surface area contributed by atoms with Gasteiger partial charge in [-0.05, 0) is 44.4 Å². The second kappa shape index (κ2) is 3.54.